The van der Waals surface area contributed by atoms with Gasteiger partial charge in [-0.15, -0.1) is 0 Å². The van der Waals surface area contributed by atoms with Crippen LogP contribution >= 0.6 is 11.6 Å². The number of aliphatic hydroxyl groups excluding tert-OH is 1. The molecule has 0 bridgehead atoms. The summed E-state index contributed by atoms with van der Waals surface area (Å²) < 4.78 is 7.58. The zero-order chi connectivity index (χ0) is 17.4. The fourth-order valence-electron chi connectivity index (χ4n) is 3.31. The van der Waals surface area contributed by atoms with Gasteiger partial charge in [-0.3, -0.25) is 9.38 Å². The van der Waals surface area contributed by atoms with E-state index in [2.05, 4.69) is 19.3 Å². The lowest BCUT2D eigenvalue weighted by atomic mass is 10.1. The molecule has 0 amide bonds. The molecule has 3 heterocycles. The Labute approximate surface area is 150 Å². The Morgan fingerprint density at radius 3 is 2.76 bits per heavy atom. The second kappa shape index (κ2) is 6.54. The molecular formula is C18H19ClN4O2. The number of halogens is 1. The SMILES string of the molecule is COc1ccc(Cl)cc1-c1cnc2cncc(N3CCC(O)CC3)n12. The summed E-state index contributed by atoms with van der Waals surface area (Å²) in [4.78, 5) is 11.1. The molecule has 25 heavy (non-hydrogen) atoms. The maximum Gasteiger partial charge on any atom is 0.157 e. The van der Waals surface area contributed by atoms with Crippen molar-refractivity contribution in [1.82, 2.24) is 14.4 Å². The summed E-state index contributed by atoms with van der Waals surface area (Å²) in [7, 11) is 1.64. The molecule has 0 spiro atoms. The van der Waals surface area contributed by atoms with Gasteiger partial charge in [0.1, 0.15) is 11.6 Å². The molecule has 0 unspecified atom stereocenters. The van der Waals surface area contributed by atoms with Gasteiger partial charge in [-0.2, -0.15) is 0 Å². The summed E-state index contributed by atoms with van der Waals surface area (Å²) in [6, 6.07) is 5.55. The standard InChI is InChI=1S/C18H19ClN4O2/c1-25-16-3-2-12(19)8-14(16)15-9-21-17-10-20-11-18(23(15)17)22-6-4-13(24)5-7-22/h2-3,8-11,13,24H,4-7H2,1H3. The highest BCUT2D eigenvalue weighted by molar-refractivity contribution is 6.31. The first kappa shape index (κ1) is 16.2. The number of fused-ring (bicyclic) bond motifs is 1. The number of benzene rings is 1. The molecule has 1 aliphatic rings. The Hall–Kier alpha value is -2.31. The highest BCUT2D eigenvalue weighted by atomic mass is 35.5. The van der Waals surface area contributed by atoms with Gasteiger partial charge in [-0.25, -0.2) is 4.98 Å². The Morgan fingerprint density at radius 2 is 2.00 bits per heavy atom. The van der Waals surface area contributed by atoms with E-state index in [9.17, 15) is 5.11 Å². The van der Waals surface area contributed by atoms with Crippen molar-refractivity contribution >= 4 is 23.1 Å². The predicted molar refractivity (Wildman–Crippen MR) is 97.4 cm³/mol. The Morgan fingerprint density at radius 1 is 1.20 bits per heavy atom. The first-order valence-corrected chi connectivity index (χ1v) is 8.63. The van der Waals surface area contributed by atoms with Crippen LogP contribution in [0.25, 0.3) is 16.9 Å². The second-order valence-corrected chi connectivity index (χ2v) is 6.60. The number of anilines is 1. The maximum absolute atomic E-state index is 9.79. The van der Waals surface area contributed by atoms with E-state index in [-0.39, 0.29) is 6.10 Å². The molecule has 7 heteroatoms. The maximum atomic E-state index is 9.79. The number of methoxy groups -OCH3 is 1. The molecule has 0 atom stereocenters. The van der Waals surface area contributed by atoms with Gasteiger partial charge in [0.2, 0.25) is 0 Å². The van der Waals surface area contributed by atoms with E-state index in [1.807, 2.05) is 30.6 Å². The topological polar surface area (TPSA) is 62.9 Å². The van der Waals surface area contributed by atoms with Gasteiger partial charge >= 0.3 is 0 Å². The van der Waals surface area contributed by atoms with Crippen molar-refractivity contribution in [2.45, 2.75) is 18.9 Å². The zero-order valence-electron chi connectivity index (χ0n) is 13.9. The molecule has 130 valence electrons. The molecule has 6 nitrogen and oxygen atoms in total. The average molecular weight is 359 g/mol. The molecule has 0 saturated carbocycles. The number of piperidine rings is 1. The first-order chi connectivity index (χ1) is 12.2. The van der Waals surface area contributed by atoms with E-state index < -0.39 is 0 Å². The van der Waals surface area contributed by atoms with Crippen molar-refractivity contribution in [2.24, 2.45) is 0 Å². The fraction of sp³-hybridized carbons (Fsp3) is 0.333. The molecule has 1 aromatic carbocycles. The van der Waals surface area contributed by atoms with E-state index in [0.717, 1.165) is 54.4 Å². The number of imidazole rings is 1. The second-order valence-electron chi connectivity index (χ2n) is 6.17. The molecule has 1 saturated heterocycles. The average Bonchev–Trinajstić information content (AvgIpc) is 3.06. The normalized spacial score (nSPS) is 15.7. The van der Waals surface area contributed by atoms with Crippen LogP contribution in [0.5, 0.6) is 5.75 Å². The molecule has 3 aromatic rings. The molecule has 0 aliphatic carbocycles. The Balaban J connectivity index is 1.88. The minimum absolute atomic E-state index is 0.223. The number of aromatic nitrogens is 3. The van der Waals surface area contributed by atoms with Crippen molar-refractivity contribution in [2.75, 3.05) is 25.1 Å². The van der Waals surface area contributed by atoms with Gasteiger partial charge in [0.25, 0.3) is 0 Å². The van der Waals surface area contributed by atoms with E-state index in [1.165, 1.54) is 0 Å². The molecule has 1 aliphatic heterocycles. The quantitative estimate of drug-likeness (QED) is 0.779. The minimum Gasteiger partial charge on any atom is -0.496 e. The monoisotopic (exact) mass is 358 g/mol. The third-order valence-corrected chi connectivity index (χ3v) is 4.86. The molecule has 0 radical (unpaired) electrons. The van der Waals surface area contributed by atoms with Gasteiger partial charge in [-0.05, 0) is 31.0 Å². The number of rotatable bonds is 3. The van der Waals surface area contributed by atoms with Crippen molar-refractivity contribution in [3.8, 4) is 17.0 Å². The molecule has 4 rings (SSSR count). The highest BCUT2D eigenvalue weighted by Crippen LogP contribution is 2.35. The van der Waals surface area contributed by atoms with Gasteiger partial charge in [0, 0.05) is 23.7 Å². The van der Waals surface area contributed by atoms with Gasteiger partial charge in [0.15, 0.2) is 5.65 Å². The molecular weight excluding hydrogens is 340 g/mol. The summed E-state index contributed by atoms with van der Waals surface area (Å²) in [5.41, 5.74) is 2.55. The number of ether oxygens (including phenoxy) is 1. The largest absolute Gasteiger partial charge is 0.496 e. The lowest BCUT2D eigenvalue weighted by Crippen LogP contribution is -2.36. The Kier molecular flexibility index (Phi) is 4.23. The predicted octanol–water partition coefficient (Wildman–Crippen LogP) is 3.02. The minimum atomic E-state index is -0.223. The van der Waals surface area contributed by atoms with Crippen LogP contribution in [0.3, 0.4) is 0 Å². The van der Waals surface area contributed by atoms with Crippen LogP contribution < -0.4 is 9.64 Å². The summed E-state index contributed by atoms with van der Waals surface area (Å²) in [6.45, 7) is 1.57. The van der Waals surface area contributed by atoms with Crippen LogP contribution in [-0.2, 0) is 0 Å². The number of hydrogen-bond acceptors (Lipinski definition) is 5. The number of hydrogen-bond donors (Lipinski definition) is 1. The summed E-state index contributed by atoms with van der Waals surface area (Å²) in [5, 5.41) is 10.4. The van der Waals surface area contributed by atoms with Crippen LogP contribution in [0.15, 0.2) is 36.8 Å². The summed E-state index contributed by atoms with van der Waals surface area (Å²) >= 11 is 6.21. The van der Waals surface area contributed by atoms with Crippen LogP contribution in [-0.4, -0.2) is 45.8 Å². The van der Waals surface area contributed by atoms with Gasteiger partial charge in [0.05, 0.1) is 37.5 Å². The Bertz CT molecular complexity index is 903. The van der Waals surface area contributed by atoms with Crippen LogP contribution in [0.1, 0.15) is 12.8 Å². The van der Waals surface area contributed by atoms with E-state index in [0.29, 0.717) is 5.02 Å². The van der Waals surface area contributed by atoms with Crippen molar-refractivity contribution < 1.29 is 9.84 Å². The molecule has 1 N–H and O–H groups in total. The highest BCUT2D eigenvalue weighted by Gasteiger charge is 2.22. The smallest absolute Gasteiger partial charge is 0.157 e. The first-order valence-electron chi connectivity index (χ1n) is 8.26. The van der Waals surface area contributed by atoms with E-state index in [1.54, 1.807) is 13.3 Å². The van der Waals surface area contributed by atoms with Gasteiger partial charge < -0.3 is 14.7 Å². The fourth-order valence-corrected chi connectivity index (χ4v) is 3.49. The molecule has 2 aromatic heterocycles. The number of nitrogens with zero attached hydrogens (tertiary/aromatic N) is 4. The van der Waals surface area contributed by atoms with Crippen LogP contribution in [0.2, 0.25) is 5.02 Å². The summed E-state index contributed by atoms with van der Waals surface area (Å²) in [5.74, 6) is 1.70. The number of aliphatic hydroxyl groups is 1. The van der Waals surface area contributed by atoms with Crippen LogP contribution in [0, 0.1) is 0 Å². The van der Waals surface area contributed by atoms with E-state index in [4.69, 9.17) is 16.3 Å². The third-order valence-electron chi connectivity index (χ3n) is 4.62. The van der Waals surface area contributed by atoms with Crippen molar-refractivity contribution in [3.05, 3.63) is 41.8 Å². The van der Waals surface area contributed by atoms with Crippen LogP contribution in [0.4, 0.5) is 5.82 Å². The summed E-state index contributed by atoms with van der Waals surface area (Å²) in [6.07, 6.45) is 6.67. The lowest BCUT2D eigenvalue weighted by molar-refractivity contribution is 0.145. The van der Waals surface area contributed by atoms with E-state index >= 15 is 0 Å². The zero-order valence-corrected chi connectivity index (χ0v) is 14.6. The third kappa shape index (κ3) is 2.92. The van der Waals surface area contributed by atoms with Gasteiger partial charge in [-0.1, -0.05) is 11.6 Å². The molecule has 1 fully saturated rings. The van der Waals surface area contributed by atoms with Crippen molar-refractivity contribution in [3.63, 3.8) is 0 Å². The lowest BCUT2D eigenvalue weighted by Gasteiger charge is -2.31. The van der Waals surface area contributed by atoms with Crippen molar-refractivity contribution in [1.29, 1.82) is 0 Å².